The van der Waals surface area contributed by atoms with E-state index in [2.05, 4.69) is 0 Å². The summed E-state index contributed by atoms with van der Waals surface area (Å²) in [6.07, 6.45) is 0.857. The van der Waals surface area contributed by atoms with Gasteiger partial charge in [0.2, 0.25) is 0 Å². The summed E-state index contributed by atoms with van der Waals surface area (Å²) in [5.74, 6) is -0.234. The van der Waals surface area contributed by atoms with Gasteiger partial charge < -0.3 is 19.3 Å². The van der Waals surface area contributed by atoms with Crippen molar-refractivity contribution >= 4 is 44.1 Å². The SMILES string of the molecule is CCCOc1ccc(C(O)=C2C(=O)C(=O)N(c3nc4ccc(C)cc4s3)C2c2ccc(OCc3ccccc3)c(OCC)c2)cc1. The fourth-order valence-corrected chi connectivity index (χ4v) is 6.46. The fourth-order valence-electron chi connectivity index (χ4n) is 5.37. The van der Waals surface area contributed by atoms with Crippen LogP contribution in [-0.4, -0.2) is 35.0 Å². The number of benzene rings is 4. The molecule has 0 saturated carbocycles. The minimum Gasteiger partial charge on any atom is -0.507 e. The predicted molar refractivity (Wildman–Crippen MR) is 180 cm³/mol. The molecule has 1 fully saturated rings. The number of carbonyl (C=O) groups excluding carboxylic acids is 2. The first-order chi connectivity index (χ1) is 22.4. The topological polar surface area (TPSA) is 98.2 Å². The number of thiazole rings is 1. The highest BCUT2D eigenvalue weighted by Crippen LogP contribution is 2.46. The molecule has 1 saturated heterocycles. The Morgan fingerprint density at radius 1 is 0.891 bits per heavy atom. The maximum atomic E-state index is 13.8. The third-order valence-corrected chi connectivity index (χ3v) is 8.62. The fraction of sp³-hybridized carbons (Fsp3) is 0.216. The van der Waals surface area contributed by atoms with Crippen LogP contribution in [0.15, 0.2) is 96.6 Å². The molecular formula is C37H34N2O6S. The van der Waals surface area contributed by atoms with Gasteiger partial charge in [0.05, 0.1) is 35.0 Å². The lowest BCUT2D eigenvalue weighted by Gasteiger charge is -2.24. The average Bonchev–Trinajstić information content (AvgIpc) is 3.60. The summed E-state index contributed by atoms with van der Waals surface area (Å²) in [7, 11) is 0. The molecular weight excluding hydrogens is 600 g/mol. The van der Waals surface area contributed by atoms with Crippen LogP contribution in [0, 0.1) is 6.92 Å². The Hall–Kier alpha value is -5.15. The molecule has 8 nitrogen and oxygen atoms in total. The summed E-state index contributed by atoms with van der Waals surface area (Å²) in [4.78, 5) is 33.7. The highest BCUT2D eigenvalue weighted by Gasteiger charge is 2.48. The number of hydrogen-bond acceptors (Lipinski definition) is 8. The van der Waals surface area contributed by atoms with Crippen molar-refractivity contribution in [2.75, 3.05) is 18.1 Å². The average molecular weight is 635 g/mol. The molecule has 1 N–H and O–H groups in total. The third kappa shape index (κ3) is 6.19. The second-order valence-corrected chi connectivity index (χ2v) is 11.9. The second-order valence-electron chi connectivity index (χ2n) is 10.9. The molecule has 1 aromatic heterocycles. The molecule has 0 bridgehead atoms. The third-order valence-electron chi connectivity index (χ3n) is 7.60. The lowest BCUT2D eigenvalue weighted by molar-refractivity contribution is -0.132. The molecule has 0 aliphatic carbocycles. The molecule has 1 amide bonds. The molecule has 9 heteroatoms. The molecule has 4 aromatic carbocycles. The van der Waals surface area contributed by atoms with Crippen molar-refractivity contribution in [2.45, 2.75) is 39.8 Å². The van der Waals surface area contributed by atoms with E-state index in [-0.39, 0.29) is 11.3 Å². The summed E-state index contributed by atoms with van der Waals surface area (Å²) in [5, 5.41) is 12.0. The van der Waals surface area contributed by atoms with Crippen LogP contribution in [0.3, 0.4) is 0 Å². The van der Waals surface area contributed by atoms with Crippen molar-refractivity contribution < 1.29 is 28.9 Å². The molecule has 1 unspecified atom stereocenters. The van der Waals surface area contributed by atoms with Crippen molar-refractivity contribution in [1.82, 2.24) is 4.98 Å². The van der Waals surface area contributed by atoms with E-state index in [0.717, 1.165) is 22.2 Å². The van der Waals surface area contributed by atoms with Gasteiger partial charge in [-0.3, -0.25) is 14.5 Å². The Kier molecular flexibility index (Phi) is 9.03. The molecule has 0 radical (unpaired) electrons. The number of aliphatic hydroxyl groups is 1. The van der Waals surface area contributed by atoms with Crippen LogP contribution >= 0.6 is 11.3 Å². The Morgan fingerprint density at radius 3 is 2.41 bits per heavy atom. The van der Waals surface area contributed by atoms with E-state index >= 15 is 0 Å². The molecule has 2 heterocycles. The van der Waals surface area contributed by atoms with E-state index in [0.29, 0.717) is 58.8 Å². The molecule has 46 heavy (non-hydrogen) atoms. The number of rotatable bonds is 11. The number of ketones is 1. The zero-order chi connectivity index (χ0) is 32.2. The van der Waals surface area contributed by atoms with Crippen LogP contribution in [0.4, 0.5) is 5.13 Å². The molecule has 1 atom stereocenters. The number of anilines is 1. The lowest BCUT2D eigenvalue weighted by Crippen LogP contribution is -2.29. The van der Waals surface area contributed by atoms with Crippen LogP contribution in [0.5, 0.6) is 17.2 Å². The number of amides is 1. The van der Waals surface area contributed by atoms with E-state index in [4.69, 9.17) is 19.2 Å². The summed E-state index contributed by atoms with van der Waals surface area (Å²) in [5.41, 5.74) is 3.69. The maximum absolute atomic E-state index is 13.8. The monoisotopic (exact) mass is 634 g/mol. The molecule has 1 aliphatic heterocycles. The molecule has 6 rings (SSSR count). The minimum absolute atomic E-state index is 0.0388. The first-order valence-electron chi connectivity index (χ1n) is 15.2. The lowest BCUT2D eigenvalue weighted by atomic mass is 9.95. The number of hydrogen-bond donors (Lipinski definition) is 1. The van der Waals surface area contributed by atoms with Crippen molar-refractivity contribution in [3.63, 3.8) is 0 Å². The molecule has 5 aromatic rings. The molecule has 1 aliphatic rings. The Labute approximate surface area is 271 Å². The minimum atomic E-state index is -0.972. The van der Waals surface area contributed by atoms with Crippen LogP contribution in [-0.2, 0) is 16.2 Å². The quantitative estimate of drug-likeness (QED) is 0.0893. The van der Waals surface area contributed by atoms with Crippen LogP contribution in [0.1, 0.15) is 48.6 Å². The van der Waals surface area contributed by atoms with Gasteiger partial charge in [-0.2, -0.15) is 0 Å². The predicted octanol–water partition coefficient (Wildman–Crippen LogP) is 8.00. The van der Waals surface area contributed by atoms with Crippen molar-refractivity contribution in [3.05, 3.63) is 119 Å². The standard InChI is InChI=1S/C37H34N2O6S/c1-4-19-44-27-15-12-25(13-16-27)34(40)32-33(39(36(42)35(32)41)37-38-28-17-11-23(3)20-31(28)46-37)26-14-18-29(30(21-26)43-5-2)45-22-24-9-7-6-8-10-24/h6-18,20-21,33,40H,4-5,19,22H2,1-3H3. The molecule has 234 valence electrons. The summed E-state index contributed by atoms with van der Waals surface area (Å²) < 4.78 is 18.7. The van der Waals surface area contributed by atoms with Crippen LogP contribution < -0.4 is 19.1 Å². The number of carbonyl (C=O) groups is 2. The van der Waals surface area contributed by atoms with Gasteiger partial charge in [-0.05, 0) is 85.5 Å². The van der Waals surface area contributed by atoms with Gasteiger partial charge >= 0.3 is 5.91 Å². The number of fused-ring (bicyclic) bond motifs is 1. The van der Waals surface area contributed by atoms with Crippen molar-refractivity contribution in [2.24, 2.45) is 0 Å². The van der Waals surface area contributed by atoms with Gasteiger partial charge in [-0.25, -0.2) is 4.98 Å². The van der Waals surface area contributed by atoms with Gasteiger partial charge in [0, 0.05) is 5.56 Å². The highest BCUT2D eigenvalue weighted by molar-refractivity contribution is 7.22. The Bertz CT molecular complexity index is 1920. The second kappa shape index (κ2) is 13.5. The van der Waals surface area contributed by atoms with E-state index in [1.807, 2.05) is 69.3 Å². The first kappa shape index (κ1) is 30.9. The van der Waals surface area contributed by atoms with Crippen molar-refractivity contribution in [3.8, 4) is 17.2 Å². The van der Waals surface area contributed by atoms with E-state index < -0.39 is 17.7 Å². The normalized spacial score (nSPS) is 15.8. The zero-order valence-electron chi connectivity index (χ0n) is 25.9. The Balaban J connectivity index is 1.46. The number of aryl methyl sites for hydroxylation is 1. The van der Waals surface area contributed by atoms with Gasteiger partial charge in [-0.15, -0.1) is 0 Å². The number of ether oxygens (including phenoxy) is 3. The van der Waals surface area contributed by atoms with Gasteiger partial charge in [0.15, 0.2) is 16.6 Å². The summed E-state index contributed by atoms with van der Waals surface area (Å²) in [6.45, 7) is 7.14. The highest BCUT2D eigenvalue weighted by atomic mass is 32.1. The largest absolute Gasteiger partial charge is 0.507 e. The Morgan fingerprint density at radius 2 is 1.67 bits per heavy atom. The van der Waals surface area contributed by atoms with Crippen molar-refractivity contribution in [1.29, 1.82) is 0 Å². The van der Waals surface area contributed by atoms with E-state index in [9.17, 15) is 14.7 Å². The van der Waals surface area contributed by atoms with E-state index in [1.165, 1.54) is 16.2 Å². The number of aromatic nitrogens is 1. The van der Waals surface area contributed by atoms with Gasteiger partial charge in [0.1, 0.15) is 18.1 Å². The number of nitrogens with zero attached hydrogens (tertiary/aromatic N) is 2. The van der Waals surface area contributed by atoms with Gasteiger partial charge in [0.25, 0.3) is 5.78 Å². The smallest absolute Gasteiger partial charge is 0.301 e. The van der Waals surface area contributed by atoms with Gasteiger partial charge in [-0.1, -0.05) is 60.7 Å². The molecule has 0 spiro atoms. The zero-order valence-corrected chi connectivity index (χ0v) is 26.7. The number of Topliss-reactive ketones (excluding diaryl/α,β-unsaturated/α-hetero) is 1. The van der Waals surface area contributed by atoms with E-state index in [1.54, 1.807) is 42.5 Å². The first-order valence-corrected chi connectivity index (χ1v) is 16.0. The summed E-state index contributed by atoms with van der Waals surface area (Å²) >= 11 is 1.32. The number of aliphatic hydroxyl groups excluding tert-OH is 1. The van der Waals surface area contributed by atoms with Crippen LogP contribution in [0.2, 0.25) is 0 Å². The maximum Gasteiger partial charge on any atom is 0.301 e. The van der Waals surface area contributed by atoms with Crippen LogP contribution in [0.25, 0.3) is 16.0 Å². The summed E-state index contributed by atoms with van der Waals surface area (Å²) in [6, 6.07) is 26.8.